The van der Waals surface area contributed by atoms with E-state index in [2.05, 4.69) is 49.8 Å². The highest BCUT2D eigenvalue weighted by Gasteiger charge is 2.42. The molecule has 0 amide bonds. The largest absolute Gasteiger partial charge is 0.413 e. The van der Waals surface area contributed by atoms with Gasteiger partial charge in [0.25, 0.3) is 0 Å². The SMILES string of the molecule is CC(C)(C)[Si](C)(C)OC(CBr)C1CC1. The summed E-state index contributed by atoms with van der Waals surface area (Å²) >= 11 is 3.57. The van der Waals surface area contributed by atoms with Gasteiger partial charge in [0.15, 0.2) is 8.32 Å². The molecule has 1 aliphatic carbocycles. The molecule has 1 nitrogen and oxygen atoms in total. The van der Waals surface area contributed by atoms with Crippen molar-refractivity contribution >= 4 is 24.2 Å². The van der Waals surface area contributed by atoms with Crippen LogP contribution in [0.5, 0.6) is 0 Å². The fraction of sp³-hybridized carbons (Fsp3) is 1.00. The second-order valence-electron chi connectivity index (χ2n) is 5.91. The summed E-state index contributed by atoms with van der Waals surface area (Å²) in [6.07, 6.45) is 3.20. The first-order chi connectivity index (χ1) is 6.28. The third kappa shape index (κ3) is 3.07. The van der Waals surface area contributed by atoms with Crippen LogP contribution in [0.15, 0.2) is 0 Å². The summed E-state index contributed by atoms with van der Waals surface area (Å²) in [5.41, 5.74) is 0. The molecule has 0 aromatic carbocycles. The lowest BCUT2D eigenvalue weighted by atomic mass is 10.2. The molecule has 0 aliphatic heterocycles. The Kier molecular flexibility index (Phi) is 3.87. The van der Waals surface area contributed by atoms with Crippen molar-refractivity contribution in [1.29, 1.82) is 0 Å². The Morgan fingerprint density at radius 3 is 2.14 bits per heavy atom. The topological polar surface area (TPSA) is 9.23 Å². The minimum absolute atomic E-state index is 0.336. The number of alkyl halides is 1. The van der Waals surface area contributed by atoms with Gasteiger partial charge in [-0.2, -0.15) is 0 Å². The third-order valence-electron chi connectivity index (χ3n) is 3.55. The molecule has 0 bridgehead atoms. The van der Waals surface area contributed by atoms with Gasteiger partial charge in [0.05, 0.1) is 6.10 Å². The maximum atomic E-state index is 6.37. The Labute approximate surface area is 97.9 Å². The second kappa shape index (κ2) is 4.26. The second-order valence-corrected chi connectivity index (χ2v) is 11.3. The third-order valence-corrected chi connectivity index (χ3v) is 8.69. The van der Waals surface area contributed by atoms with Gasteiger partial charge in [-0.3, -0.25) is 0 Å². The molecule has 1 aliphatic rings. The van der Waals surface area contributed by atoms with Gasteiger partial charge in [-0.05, 0) is 36.9 Å². The maximum Gasteiger partial charge on any atom is 0.192 e. The summed E-state index contributed by atoms with van der Waals surface area (Å²) in [6.45, 7) is 11.6. The highest BCUT2D eigenvalue weighted by atomic mass is 79.9. The minimum Gasteiger partial charge on any atom is -0.413 e. The van der Waals surface area contributed by atoms with Gasteiger partial charge >= 0.3 is 0 Å². The van der Waals surface area contributed by atoms with Crippen LogP contribution in [0.3, 0.4) is 0 Å². The zero-order valence-electron chi connectivity index (χ0n) is 10.1. The molecule has 0 radical (unpaired) electrons. The van der Waals surface area contributed by atoms with E-state index in [1.165, 1.54) is 12.8 Å². The Balaban J connectivity index is 2.55. The molecular formula is C11H23BrOSi. The van der Waals surface area contributed by atoms with E-state index < -0.39 is 8.32 Å². The fourth-order valence-corrected chi connectivity index (χ4v) is 3.57. The van der Waals surface area contributed by atoms with Crippen LogP contribution in [0, 0.1) is 5.92 Å². The Morgan fingerprint density at radius 1 is 1.36 bits per heavy atom. The molecule has 0 saturated heterocycles. The lowest BCUT2D eigenvalue weighted by molar-refractivity contribution is 0.182. The summed E-state index contributed by atoms with van der Waals surface area (Å²) in [6, 6.07) is 0. The molecule has 0 aromatic rings. The lowest BCUT2D eigenvalue weighted by Crippen LogP contribution is -2.44. The van der Waals surface area contributed by atoms with Gasteiger partial charge in [0.1, 0.15) is 0 Å². The Bertz CT molecular complexity index is 194. The van der Waals surface area contributed by atoms with Crippen molar-refractivity contribution in [2.75, 3.05) is 5.33 Å². The van der Waals surface area contributed by atoms with Crippen molar-refractivity contribution in [3.05, 3.63) is 0 Å². The summed E-state index contributed by atoms with van der Waals surface area (Å²) < 4.78 is 6.37. The van der Waals surface area contributed by atoms with Crippen molar-refractivity contribution in [3.8, 4) is 0 Å². The quantitative estimate of drug-likeness (QED) is 0.554. The van der Waals surface area contributed by atoms with Gasteiger partial charge in [0, 0.05) is 5.33 Å². The van der Waals surface area contributed by atoms with E-state index in [0.29, 0.717) is 11.1 Å². The average molecular weight is 279 g/mol. The van der Waals surface area contributed by atoms with Crippen molar-refractivity contribution in [2.45, 2.75) is 57.8 Å². The van der Waals surface area contributed by atoms with E-state index in [9.17, 15) is 0 Å². The van der Waals surface area contributed by atoms with Crippen LogP contribution in [0.25, 0.3) is 0 Å². The van der Waals surface area contributed by atoms with Crippen molar-refractivity contribution in [3.63, 3.8) is 0 Å². The monoisotopic (exact) mass is 278 g/mol. The first-order valence-electron chi connectivity index (χ1n) is 5.52. The van der Waals surface area contributed by atoms with E-state index in [1.807, 2.05) is 0 Å². The van der Waals surface area contributed by atoms with Crippen LogP contribution in [-0.4, -0.2) is 19.8 Å². The summed E-state index contributed by atoms with van der Waals surface area (Å²) in [7, 11) is -1.54. The number of rotatable bonds is 4. The van der Waals surface area contributed by atoms with Crippen LogP contribution in [0.4, 0.5) is 0 Å². The lowest BCUT2D eigenvalue weighted by Gasteiger charge is -2.39. The molecule has 0 spiro atoms. The molecule has 1 rings (SSSR count). The van der Waals surface area contributed by atoms with Crippen LogP contribution in [-0.2, 0) is 4.43 Å². The normalized spacial score (nSPS) is 21.0. The first kappa shape index (κ1) is 12.7. The first-order valence-corrected chi connectivity index (χ1v) is 9.54. The van der Waals surface area contributed by atoms with Gasteiger partial charge in [0.2, 0.25) is 0 Å². The van der Waals surface area contributed by atoms with Gasteiger partial charge < -0.3 is 4.43 Å². The molecule has 1 atom stereocenters. The van der Waals surface area contributed by atoms with Crippen molar-refractivity contribution < 1.29 is 4.43 Å². The molecule has 0 N–H and O–H groups in total. The smallest absolute Gasteiger partial charge is 0.192 e. The van der Waals surface area contributed by atoms with Crippen molar-refractivity contribution in [2.24, 2.45) is 5.92 Å². The molecule has 3 heteroatoms. The predicted molar refractivity (Wildman–Crippen MR) is 68.6 cm³/mol. The summed E-state index contributed by atoms with van der Waals surface area (Å²) in [4.78, 5) is 0. The Morgan fingerprint density at radius 2 is 1.86 bits per heavy atom. The number of hydrogen-bond donors (Lipinski definition) is 0. The van der Waals surface area contributed by atoms with Crippen LogP contribution >= 0.6 is 15.9 Å². The van der Waals surface area contributed by atoms with E-state index in [0.717, 1.165) is 11.2 Å². The summed E-state index contributed by atoms with van der Waals surface area (Å²) in [5.74, 6) is 0.837. The minimum atomic E-state index is -1.54. The zero-order valence-corrected chi connectivity index (χ0v) is 12.6. The molecule has 1 saturated carbocycles. The molecule has 0 heterocycles. The van der Waals surface area contributed by atoms with E-state index in [-0.39, 0.29) is 0 Å². The van der Waals surface area contributed by atoms with Gasteiger partial charge in [-0.15, -0.1) is 0 Å². The average Bonchev–Trinajstić information content (AvgIpc) is 2.80. The van der Waals surface area contributed by atoms with E-state index in [1.54, 1.807) is 0 Å². The van der Waals surface area contributed by atoms with Crippen LogP contribution in [0.1, 0.15) is 33.6 Å². The number of hydrogen-bond acceptors (Lipinski definition) is 1. The molecule has 1 fully saturated rings. The highest BCUT2D eigenvalue weighted by Crippen LogP contribution is 2.42. The zero-order chi connectivity index (χ0) is 11.0. The molecule has 84 valence electrons. The Hall–Kier alpha value is 0.657. The fourth-order valence-electron chi connectivity index (χ4n) is 1.28. The number of halogens is 1. The maximum absolute atomic E-state index is 6.37. The molecule has 14 heavy (non-hydrogen) atoms. The molecule has 1 unspecified atom stereocenters. The highest BCUT2D eigenvalue weighted by molar-refractivity contribution is 9.09. The van der Waals surface area contributed by atoms with Gasteiger partial charge in [-0.1, -0.05) is 36.7 Å². The summed E-state index contributed by atoms with van der Waals surface area (Å²) in [5, 5.41) is 1.34. The van der Waals surface area contributed by atoms with E-state index in [4.69, 9.17) is 4.43 Å². The standard InChI is InChI=1S/C11H23BrOSi/c1-11(2,3)14(4,5)13-10(8-12)9-6-7-9/h9-10H,6-8H2,1-5H3. The predicted octanol–water partition coefficient (Wildman–Crippen LogP) is 4.18. The van der Waals surface area contributed by atoms with Crippen LogP contribution in [0.2, 0.25) is 18.1 Å². The van der Waals surface area contributed by atoms with Crippen molar-refractivity contribution in [1.82, 2.24) is 0 Å². The van der Waals surface area contributed by atoms with E-state index >= 15 is 0 Å². The molecule has 0 aromatic heterocycles. The van der Waals surface area contributed by atoms with Crippen LogP contribution < -0.4 is 0 Å². The molecular weight excluding hydrogens is 256 g/mol. The van der Waals surface area contributed by atoms with Gasteiger partial charge in [-0.25, -0.2) is 0 Å².